The summed E-state index contributed by atoms with van der Waals surface area (Å²) in [5, 5.41) is 2.66. The molecular formula is C20H19BrN4O4S. The summed E-state index contributed by atoms with van der Waals surface area (Å²) >= 11 is 3.43. The molecule has 0 fully saturated rings. The number of anilines is 2. The first kappa shape index (κ1) is 21.7. The van der Waals surface area contributed by atoms with Crippen molar-refractivity contribution in [2.45, 2.75) is 18.2 Å². The fourth-order valence-corrected chi connectivity index (χ4v) is 3.97. The van der Waals surface area contributed by atoms with Crippen LogP contribution in [0.25, 0.3) is 0 Å². The zero-order valence-electron chi connectivity index (χ0n) is 16.0. The molecule has 1 heterocycles. The van der Waals surface area contributed by atoms with Crippen LogP contribution in [0.15, 0.2) is 70.3 Å². The smallest absolute Gasteiger partial charge is 0.264 e. The highest BCUT2D eigenvalue weighted by molar-refractivity contribution is 9.10. The minimum Gasteiger partial charge on any atom is -0.483 e. The van der Waals surface area contributed by atoms with Crippen LogP contribution in [0.2, 0.25) is 0 Å². The number of aromatic nitrogens is 2. The highest BCUT2D eigenvalue weighted by Crippen LogP contribution is 2.26. The van der Waals surface area contributed by atoms with Crippen molar-refractivity contribution in [3.63, 3.8) is 0 Å². The van der Waals surface area contributed by atoms with E-state index in [2.05, 4.69) is 42.9 Å². The molecule has 0 unspecified atom stereocenters. The number of halogens is 1. The van der Waals surface area contributed by atoms with Crippen LogP contribution in [0.4, 0.5) is 11.6 Å². The van der Waals surface area contributed by atoms with Crippen LogP contribution >= 0.6 is 15.9 Å². The molecule has 0 spiro atoms. The summed E-state index contributed by atoms with van der Waals surface area (Å²) in [6.07, 6.45) is 3.77. The number of ether oxygens (including phenoxy) is 1. The van der Waals surface area contributed by atoms with E-state index in [1.165, 1.54) is 36.7 Å². The van der Waals surface area contributed by atoms with Crippen LogP contribution in [0.5, 0.6) is 5.75 Å². The number of nitrogens with one attached hydrogen (secondary N) is 2. The number of hydrogen-bond donors (Lipinski definition) is 2. The number of nitrogens with zero attached hydrogens (tertiary/aromatic N) is 2. The third-order valence-electron chi connectivity index (χ3n) is 4.00. The molecule has 0 aliphatic heterocycles. The van der Waals surface area contributed by atoms with Gasteiger partial charge in [0.2, 0.25) is 5.95 Å². The van der Waals surface area contributed by atoms with Gasteiger partial charge in [-0.05, 0) is 70.4 Å². The number of benzene rings is 2. The van der Waals surface area contributed by atoms with Gasteiger partial charge < -0.3 is 10.1 Å². The van der Waals surface area contributed by atoms with Gasteiger partial charge >= 0.3 is 0 Å². The van der Waals surface area contributed by atoms with Gasteiger partial charge in [-0.25, -0.2) is 23.1 Å². The van der Waals surface area contributed by atoms with Gasteiger partial charge in [0, 0.05) is 18.1 Å². The van der Waals surface area contributed by atoms with Gasteiger partial charge in [-0.2, -0.15) is 0 Å². The number of carbonyl (C=O) groups is 1. The SMILES string of the molecule is CCc1ccc(OCC(=O)Nc2ccc(S(=O)(=O)Nc3ncccn3)cc2)c(Br)c1. The standard InChI is InChI=1S/C20H19BrN4O4S/c1-2-14-4-9-18(17(21)12-14)29-13-19(26)24-15-5-7-16(8-6-15)30(27,28)25-20-22-10-3-11-23-20/h3-12H,2,13H2,1H3,(H,24,26)(H,22,23,25). The topological polar surface area (TPSA) is 110 Å². The van der Waals surface area contributed by atoms with E-state index in [1.807, 2.05) is 12.1 Å². The number of aryl methyl sites for hydroxylation is 1. The minimum absolute atomic E-state index is 0.0177. The normalized spacial score (nSPS) is 11.0. The second-order valence-electron chi connectivity index (χ2n) is 6.16. The van der Waals surface area contributed by atoms with Crippen molar-refractivity contribution in [2.24, 2.45) is 0 Å². The molecule has 2 N–H and O–H groups in total. The average molecular weight is 491 g/mol. The molecule has 156 valence electrons. The molecular weight excluding hydrogens is 472 g/mol. The van der Waals surface area contributed by atoms with Gasteiger partial charge in [-0.3, -0.25) is 4.79 Å². The first-order chi connectivity index (χ1) is 14.4. The Labute approximate surface area is 182 Å². The van der Waals surface area contributed by atoms with E-state index in [9.17, 15) is 13.2 Å². The Morgan fingerprint density at radius 3 is 2.43 bits per heavy atom. The van der Waals surface area contributed by atoms with E-state index < -0.39 is 10.0 Å². The fraction of sp³-hybridized carbons (Fsp3) is 0.150. The second kappa shape index (κ2) is 9.68. The Morgan fingerprint density at radius 1 is 1.10 bits per heavy atom. The quantitative estimate of drug-likeness (QED) is 0.498. The Kier molecular flexibility index (Phi) is 7.01. The van der Waals surface area contributed by atoms with Gasteiger partial charge in [0.05, 0.1) is 9.37 Å². The van der Waals surface area contributed by atoms with Crippen molar-refractivity contribution in [2.75, 3.05) is 16.6 Å². The Balaban J connectivity index is 1.58. The molecule has 0 atom stereocenters. The van der Waals surface area contributed by atoms with Crippen LogP contribution in [0, 0.1) is 0 Å². The third-order valence-corrected chi connectivity index (χ3v) is 5.97. The van der Waals surface area contributed by atoms with Crippen LogP contribution in [-0.2, 0) is 21.2 Å². The molecule has 0 saturated carbocycles. The number of carbonyl (C=O) groups excluding carboxylic acids is 1. The molecule has 30 heavy (non-hydrogen) atoms. The fourth-order valence-electron chi connectivity index (χ4n) is 2.47. The first-order valence-electron chi connectivity index (χ1n) is 8.98. The number of rotatable bonds is 8. The zero-order valence-corrected chi connectivity index (χ0v) is 18.4. The molecule has 0 saturated heterocycles. The van der Waals surface area contributed by atoms with E-state index in [1.54, 1.807) is 12.1 Å². The lowest BCUT2D eigenvalue weighted by Crippen LogP contribution is -2.20. The van der Waals surface area contributed by atoms with E-state index in [4.69, 9.17) is 4.74 Å². The highest BCUT2D eigenvalue weighted by Gasteiger charge is 2.15. The van der Waals surface area contributed by atoms with Gasteiger partial charge in [0.15, 0.2) is 6.61 Å². The van der Waals surface area contributed by atoms with Crippen LogP contribution in [0.1, 0.15) is 12.5 Å². The van der Waals surface area contributed by atoms with Crippen molar-refractivity contribution in [3.05, 3.63) is 71.0 Å². The Bertz CT molecular complexity index is 1120. The molecule has 8 nitrogen and oxygen atoms in total. The molecule has 0 radical (unpaired) electrons. The molecule has 3 aromatic rings. The maximum absolute atomic E-state index is 12.4. The van der Waals surface area contributed by atoms with Crippen LogP contribution in [0.3, 0.4) is 0 Å². The molecule has 0 aliphatic rings. The van der Waals surface area contributed by atoms with Gasteiger partial charge in [-0.15, -0.1) is 0 Å². The Morgan fingerprint density at radius 2 is 1.80 bits per heavy atom. The lowest BCUT2D eigenvalue weighted by molar-refractivity contribution is -0.118. The summed E-state index contributed by atoms with van der Waals surface area (Å²) in [6, 6.07) is 13.0. The summed E-state index contributed by atoms with van der Waals surface area (Å²) in [5.74, 6) is 0.177. The Hall–Kier alpha value is -2.98. The van der Waals surface area contributed by atoms with E-state index in [0.29, 0.717) is 11.4 Å². The molecule has 2 aromatic carbocycles. The maximum Gasteiger partial charge on any atom is 0.264 e. The van der Waals surface area contributed by atoms with Crippen LogP contribution < -0.4 is 14.8 Å². The second-order valence-corrected chi connectivity index (χ2v) is 8.69. The summed E-state index contributed by atoms with van der Waals surface area (Å²) in [6.45, 7) is 1.87. The highest BCUT2D eigenvalue weighted by atomic mass is 79.9. The van der Waals surface area contributed by atoms with Crippen molar-refractivity contribution >= 4 is 43.5 Å². The van der Waals surface area contributed by atoms with Gasteiger partial charge in [0.25, 0.3) is 15.9 Å². The summed E-state index contributed by atoms with van der Waals surface area (Å²) in [5.41, 5.74) is 1.60. The molecule has 0 bridgehead atoms. The van der Waals surface area contributed by atoms with E-state index >= 15 is 0 Å². The summed E-state index contributed by atoms with van der Waals surface area (Å²) < 4.78 is 33.3. The average Bonchev–Trinajstić information content (AvgIpc) is 2.73. The van der Waals surface area contributed by atoms with Crippen molar-refractivity contribution in [1.29, 1.82) is 0 Å². The lowest BCUT2D eigenvalue weighted by atomic mass is 10.2. The van der Waals surface area contributed by atoms with Gasteiger partial charge in [-0.1, -0.05) is 13.0 Å². The predicted molar refractivity (Wildman–Crippen MR) is 117 cm³/mol. The van der Waals surface area contributed by atoms with Crippen molar-refractivity contribution in [1.82, 2.24) is 9.97 Å². The molecule has 3 rings (SSSR count). The maximum atomic E-state index is 12.4. The van der Waals surface area contributed by atoms with E-state index in [0.717, 1.165) is 16.5 Å². The van der Waals surface area contributed by atoms with Crippen molar-refractivity contribution in [3.8, 4) is 5.75 Å². The molecule has 1 amide bonds. The molecule has 1 aromatic heterocycles. The number of hydrogen-bond acceptors (Lipinski definition) is 6. The first-order valence-corrected chi connectivity index (χ1v) is 11.3. The lowest BCUT2D eigenvalue weighted by Gasteiger charge is -2.10. The summed E-state index contributed by atoms with van der Waals surface area (Å²) in [7, 11) is -3.83. The number of sulfonamides is 1. The molecule has 0 aliphatic carbocycles. The largest absolute Gasteiger partial charge is 0.483 e. The summed E-state index contributed by atoms with van der Waals surface area (Å²) in [4.78, 5) is 19.8. The number of amides is 1. The third kappa shape index (κ3) is 5.77. The van der Waals surface area contributed by atoms with Crippen LogP contribution in [-0.4, -0.2) is 30.9 Å². The predicted octanol–water partition coefficient (Wildman–Crippen LogP) is 3.62. The van der Waals surface area contributed by atoms with Crippen molar-refractivity contribution < 1.29 is 17.9 Å². The monoisotopic (exact) mass is 490 g/mol. The van der Waals surface area contributed by atoms with Gasteiger partial charge in [0.1, 0.15) is 5.75 Å². The van der Waals surface area contributed by atoms with E-state index in [-0.39, 0.29) is 23.4 Å². The molecule has 10 heteroatoms. The minimum atomic E-state index is -3.83. The zero-order chi connectivity index (χ0) is 21.6.